The Morgan fingerprint density at radius 3 is 2.60 bits per heavy atom. The second-order valence-electron chi connectivity index (χ2n) is 3.94. The number of hydrogen-bond donors (Lipinski definition) is 1. The molecule has 0 aliphatic heterocycles. The van der Waals surface area contributed by atoms with E-state index >= 15 is 0 Å². The fraction of sp³-hybridized carbons (Fsp3) is 0.750. The molecule has 1 aromatic rings. The van der Waals surface area contributed by atoms with E-state index in [2.05, 4.69) is 37.3 Å². The van der Waals surface area contributed by atoms with E-state index in [9.17, 15) is 0 Å². The summed E-state index contributed by atoms with van der Waals surface area (Å²) in [4.78, 5) is 0. The topological polar surface area (TPSA) is 29.9 Å². The van der Waals surface area contributed by atoms with E-state index < -0.39 is 0 Å². The first-order valence-corrected chi connectivity index (χ1v) is 5.99. The highest BCUT2D eigenvalue weighted by atomic mass is 15.3. The van der Waals surface area contributed by atoms with Crippen LogP contribution in [0.1, 0.15) is 51.0 Å². The zero-order valence-corrected chi connectivity index (χ0v) is 10.4. The summed E-state index contributed by atoms with van der Waals surface area (Å²) < 4.78 is 2.02. The molecule has 0 aliphatic rings. The van der Waals surface area contributed by atoms with Gasteiger partial charge in [0.1, 0.15) is 0 Å². The van der Waals surface area contributed by atoms with Gasteiger partial charge in [0.15, 0.2) is 0 Å². The fourth-order valence-electron chi connectivity index (χ4n) is 1.93. The maximum Gasteiger partial charge on any atom is 0.0625 e. The van der Waals surface area contributed by atoms with E-state index in [4.69, 9.17) is 0 Å². The number of nitrogens with zero attached hydrogens (tertiary/aromatic N) is 2. The Morgan fingerprint density at radius 1 is 1.40 bits per heavy atom. The van der Waals surface area contributed by atoms with Crippen LogP contribution in [-0.4, -0.2) is 16.3 Å². The minimum Gasteiger partial charge on any atom is -0.309 e. The summed E-state index contributed by atoms with van der Waals surface area (Å²) in [7, 11) is 2.04. The molecule has 1 N–H and O–H groups in total. The highest BCUT2D eigenvalue weighted by molar-refractivity contribution is 5.14. The van der Waals surface area contributed by atoms with Crippen molar-refractivity contribution in [2.75, 3.05) is 6.54 Å². The summed E-state index contributed by atoms with van der Waals surface area (Å²) >= 11 is 0. The van der Waals surface area contributed by atoms with Crippen LogP contribution >= 0.6 is 0 Å². The van der Waals surface area contributed by atoms with E-state index in [-0.39, 0.29) is 0 Å². The molecule has 0 radical (unpaired) electrons. The lowest BCUT2D eigenvalue weighted by molar-refractivity contribution is 0.475. The maximum atomic E-state index is 4.49. The molecule has 86 valence electrons. The first-order chi connectivity index (χ1) is 7.22. The molecule has 1 aromatic heterocycles. The molecule has 3 nitrogen and oxygen atoms in total. The SMILES string of the molecule is CCCC(NCC)c1cc(CC)nn1C. The zero-order valence-electron chi connectivity index (χ0n) is 10.4. The van der Waals surface area contributed by atoms with Gasteiger partial charge in [-0.15, -0.1) is 0 Å². The van der Waals surface area contributed by atoms with Gasteiger partial charge in [0, 0.05) is 13.1 Å². The Balaban J connectivity index is 2.83. The normalized spacial score (nSPS) is 13.1. The van der Waals surface area contributed by atoms with Crippen LogP contribution in [0.3, 0.4) is 0 Å². The van der Waals surface area contributed by atoms with Crippen molar-refractivity contribution in [3.8, 4) is 0 Å². The number of nitrogens with one attached hydrogen (secondary N) is 1. The van der Waals surface area contributed by atoms with Crippen LogP contribution < -0.4 is 5.32 Å². The molecule has 1 atom stereocenters. The second kappa shape index (κ2) is 5.91. The molecular formula is C12H23N3. The van der Waals surface area contributed by atoms with E-state index in [1.54, 1.807) is 0 Å². The van der Waals surface area contributed by atoms with Gasteiger partial charge in [0.2, 0.25) is 0 Å². The van der Waals surface area contributed by atoms with Gasteiger partial charge in [0.05, 0.1) is 11.4 Å². The Kier molecular flexibility index (Phi) is 4.82. The molecule has 1 heterocycles. The molecule has 0 saturated heterocycles. The summed E-state index contributed by atoms with van der Waals surface area (Å²) in [5.74, 6) is 0. The third kappa shape index (κ3) is 3.06. The smallest absolute Gasteiger partial charge is 0.0625 e. The predicted molar refractivity (Wildman–Crippen MR) is 63.9 cm³/mol. The van der Waals surface area contributed by atoms with Gasteiger partial charge in [-0.3, -0.25) is 4.68 Å². The molecule has 15 heavy (non-hydrogen) atoms. The summed E-state index contributed by atoms with van der Waals surface area (Å²) in [6.07, 6.45) is 3.39. The number of hydrogen-bond acceptors (Lipinski definition) is 2. The Morgan fingerprint density at radius 2 is 2.13 bits per heavy atom. The number of aryl methyl sites for hydroxylation is 2. The minimum atomic E-state index is 0.456. The van der Waals surface area contributed by atoms with E-state index in [1.165, 1.54) is 24.2 Å². The van der Waals surface area contributed by atoms with Gasteiger partial charge in [0.25, 0.3) is 0 Å². The van der Waals surface area contributed by atoms with E-state index in [0.29, 0.717) is 6.04 Å². The highest BCUT2D eigenvalue weighted by Gasteiger charge is 2.14. The summed E-state index contributed by atoms with van der Waals surface area (Å²) in [5.41, 5.74) is 2.50. The van der Waals surface area contributed by atoms with Gasteiger partial charge in [-0.25, -0.2) is 0 Å². The van der Waals surface area contributed by atoms with Gasteiger partial charge in [-0.1, -0.05) is 27.2 Å². The van der Waals surface area contributed by atoms with Crippen LogP contribution in [0.5, 0.6) is 0 Å². The predicted octanol–water partition coefficient (Wildman–Crippen LogP) is 2.43. The molecule has 0 aliphatic carbocycles. The largest absolute Gasteiger partial charge is 0.309 e. The molecule has 3 heteroatoms. The lowest BCUT2D eigenvalue weighted by Crippen LogP contribution is -2.22. The average Bonchev–Trinajstić information content (AvgIpc) is 2.59. The molecule has 0 saturated carbocycles. The standard InChI is InChI=1S/C12H23N3/c1-5-8-11(13-7-3)12-9-10(6-2)14-15(12)4/h9,11,13H,5-8H2,1-4H3. The van der Waals surface area contributed by atoms with E-state index in [0.717, 1.165) is 13.0 Å². The van der Waals surface area contributed by atoms with Crippen LogP contribution in [0.25, 0.3) is 0 Å². The van der Waals surface area contributed by atoms with E-state index in [1.807, 2.05) is 11.7 Å². The second-order valence-corrected chi connectivity index (χ2v) is 3.94. The van der Waals surface area contributed by atoms with Crippen LogP contribution in [-0.2, 0) is 13.5 Å². The highest BCUT2D eigenvalue weighted by Crippen LogP contribution is 2.19. The van der Waals surface area contributed by atoms with Crippen molar-refractivity contribution < 1.29 is 0 Å². The molecule has 0 spiro atoms. The average molecular weight is 209 g/mol. The summed E-state index contributed by atoms with van der Waals surface area (Å²) in [6.45, 7) is 7.53. The lowest BCUT2D eigenvalue weighted by atomic mass is 10.1. The zero-order chi connectivity index (χ0) is 11.3. The Labute approximate surface area is 92.9 Å². The molecule has 1 rings (SSSR count). The van der Waals surface area contributed by atoms with Gasteiger partial charge in [-0.2, -0.15) is 5.10 Å². The maximum absolute atomic E-state index is 4.49. The Hall–Kier alpha value is -0.830. The molecule has 0 bridgehead atoms. The first kappa shape index (κ1) is 12.2. The van der Waals surface area contributed by atoms with Gasteiger partial charge < -0.3 is 5.32 Å². The molecule has 0 fully saturated rings. The molecule has 1 unspecified atom stereocenters. The van der Waals surface area contributed by atoms with Gasteiger partial charge in [-0.05, 0) is 25.5 Å². The van der Waals surface area contributed by atoms with Crippen molar-refractivity contribution in [1.82, 2.24) is 15.1 Å². The van der Waals surface area contributed by atoms with Crippen LogP contribution in [0.2, 0.25) is 0 Å². The van der Waals surface area contributed by atoms with Gasteiger partial charge >= 0.3 is 0 Å². The first-order valence-electron chi connectivity index (χ1n) is 5.99. The molecular weight excluding hydrogens is 186 g/mol. The van der Waals surface area contributed by atoms with Crippen molar-refractivity contribution in [3.05, 3.63) is 17.5 Å². The minimum absolute atomic E-state index is 0.456. The van der Waals surface area contributed by atoms with Crippen LogP contribution in [0.4, 0.5) is 0 Å². The third-order valence-electron chi connectivity index (χ3n) is 2.71. The Bertz CT molecular complexity index is 285. The number of aromatic nitrogens is 2. The van der Waals surface area contributed by atoms with Crippen molar-refractivity contribution in [3.63, 3.8) is 0 Å². The molecule has 0 amide bonds. The van der Waals surface area contributed by atoms with Crippen LogP contribution in [0.15, 0.2) is 6.07 Å². The third-order valence-corrected chi connectivity index (χ3v) is 2.71. The van der Waals surface area contributed by atoms with Crippen molar-refractivity contribution in [1.29, 1.82) is 0 Å². The summed E-state index contributed by atoms with van der Waals surface area (Å²) in [6, 6.07) is 2.68. The monoisotopic (exact) mass is 209 g/mol. The number of rotatable bonds is 6. The molecule has 0 aromatic carbocycles. The quantitative estimate of drug-likeness (QED) is 0.780. The van der Waals surface area contributed by atoms with Crippen LogP contribution in [0, 0.1) is 0 Å². The van der Waals surface area contributed by atoms with Crippen molar-refractivity contribution in [2.45, 2.75) is 46.1 Å². The summed E-state index contributed by atoms with van der Waals surface area (Å²) in [5, 5.41) is 8.01. The van der Waals surface area contributed by atoms with Crippen molar-refractivity contribution >= 4 is 0 Å². The van der Waals surface area contributed by atoms with Crippen molar-refractivity contribution in [2.24, 2.45) is 7.05 Å². The lowest BCUT2D eigenvalue weighted by Gasteiger charge is -2.16. The fourth-order valence-corrected chi connectivity index (χ4v) is 1.93.